The van der Waals surface area contributed by atoms with E-state index >= 15 is 0 Å². The van der Waals surface area contributed by atoms with Gasteiger partial charge in [-0.05, 0) is 48.9 Å². The highest BCUT2D eigenvalue weighted by molar-refractivity contribution is 6.05. The Balaban J connectivity index is 1.41. The van der Waals surface area contributed by atoms with Crippen molar-refractivity contribution in [2.45, 2.75) is 19.5 Å². The standard InChI is InChI=1S/C25H28N4O/c1-19-17-29(16-15-26-19)18-20-6-12-23(13-7-20)28(2)25(30)22-10-8-21(9-11-22)24-5-3-4-14-27-24/h3-14,19,26H,15-18H2,1-2H3/t19-/m0/s1. The molecule has 0 spiro atoms. The fourth-order valence-corrected chi connectivity index (χ4v) is 3.87. The van der Waals surface area contributed by atoms with Crippen LogP contribution in [0.25, 0.3) is 11.3 Å². The van der Waals surface area contributed by atoms with Crippen LogP contribution in [0.15, 0.2) is 72.9 Å². The van der Waals surface area contributed by atoms with Gasteiger partial charge in [-0.25, -0.2) is 0 Å². The molecule has 1 atom stereocenters. The summed E-state index contributed by atoms with van der Waals surface area (Å²) in [5, 5.41) is 3.47. The maximum Gasteiger partial charge on any atom is 0.258 e. The minimum absolute atomic E-state index is 0.0220. The summed E-state index contributed by atoms with van der Waals surface area (Å²) in [6.45, 7) is 6.33. The van der Waals surface area contributed by atoms with Crippen LogP contribution in [-0.4, -0.2) is 48.5 Å². The summed E-state index contributed by atoms with van der Waals surface area (Å²) in [5.41, 5.74) is 4.73. The number of hydrogen-bond acceptors (Lipinski definition) is 4. The van der Waals surface area contributed by atoms with Crippen molar-refractivity contribution in [2.75, 3.05) is 31.6 Å². The molecule has 1 aliphatic rings. The van der Waals surface area contributed by atoms with Crippen LogP contribution in [0, 0.1) is 0 Å². The quantitative estimate of drug-likeness (QED) is 0.707. The van der Waals surface area contributed by atoms with E-state index in [2.05, 4.69) is 34.3 Å². The van der Waals surface area contributed by atoms with E-state index in [9.17, 15) is 4.79 Å². The van der Waals surface area contributed by atoms with Crippen LogP contribution in [-0.2, 0) is 6.54 Å². The largest absolute Gasteiger partial charge is 0.312 e. The van der Waals surface area contributed by atoms with Crippen molar-refractivity contribution in [3.63, 3.8) is 0 Å². The van der Waals surface area contributed by atoms with Crippen molar-refractivity contribution in [3.05, 3.63) is 84.1 Å². The van der Waals surface area contributed by atoms with Gasteiger partial charge in [0, 0.05) is 62.3 Å². The molecule has 1 saturated heterocycles. The molecular formula is C25H28N4O. The van der Waals surface area contributed by atoms with E-state index in [1.165, 1.54) is 5.56 Å². The zero-order chi connectivity index (χ0) is 20.9. The fourth-order valence-electron chi connectivity index (χ4n) is 3.87. The van der Waals surface area contributed by atoms with Gasteiger partial charge in [0.05, 0.1) is 5.69 Å². The molecule has 30 heavy (non-hydrogen) atoms. The van der Waals surface area contributed by atoms with Gasteiger partial charge >= 0.3 is 0 Å². The first-order valence-corrected chi connectivity index (χ1v) is 10.4. The Labute approximate surface area is 178 Å². The number of rotatable bonds is 5. The third-order valence-electron chi connectivity index (χ3n) is 5.58. The molecule has 2 heterocycles. The van der Waals surface area contributed by atoms with Gasteiger partial charge in [-0.1, -0.05) is 30.3 Å². The maximum absolute atomic E-state index is 12.9. The van der Waals surface area contributed by atoms with Crippen LogP contribution < -0.4 is 10.2 Å². The van der Waals surface area contributed by atoms with E-state index in [1.807, 2.05) is 61.6 Å². The molecule has 2 aromatic carbocycles. The van der Waals surface area contributed by atoms with E-state index < -0.39 is 0 Å². The van der Waals surface area contributed by atoms with Gasteiger partial charge in [0.1, 0.15) is 0 Å². The number of aromatic nitrogens is 1. The van der Waals surface area contributed by atoms with E-state index in [4.69, 9.17) is 0 Å². The monoisotopic (exact) mass is 400 g/mol. The number of amides is 1. The molecule has 1 fully saturated rings. The molecule has 0 saturated carbocycles. The average molecular weight is 401 g/mol. The van der Waals surface area contributed by atoms with Gasteiger partial charge in [-0.15, -0.1) is 0 Å². The summed E-state index contributed by atoms with van der Waals surface area (Å²) in [6.07, 6.45) is 1.77. The van der Waals surface area contributed by atoms with Crippen molar-refractivity contribution in [1.29, 1.82) is 0 Å². The number of benzene rings is 2. The summed E-state index contributed by atoms with van der Waals surface area (Å²) in [4.78, 5) is 21.5. The van der Waals surface area contributed by atoms with E-state index in [-0.39, 0.29) is 5.91 Å². The van der Waals surface area contributed by atoms with Gasteiger partial charge < -0.3 is 10.2 Å². The molecule has 0 unspecified atom stereocenters. The summed E-state index contributed by atoms with van der Waals surface area (Å²) in [5.74, 6) is -0.0220. The van der Waals surface area contributed by atoms with E-state index in [1.54, 1.807) is 11.1 Å². The highest BCUT2D eigenvalue weighted by atomic mass is 16.2. The zero-order valence-corrected chi connectivity index (χ0v) is 17.6. The number of anilines is 1. The Bertz CT molecular complexity index is 970. The number of carbonyl (C=O) groups is 1. The molecule has 1 aromatic heterocycles. The molecule has 3 aromatic rings. The number of nitrogens with zero attached hydrogens (tertiary/aromatic N) is 3. The minimum Gasteiger partial charge on any atom is -0.312 e. The summed E-state index contributed by atoms with van der Waals surface area (Å²) in [6, 6.07) is 22.3. The lowest BCUT2D eigenvalue weighted by molar-refractivity contribution is 0.0993. The lowest BCUT2D eigenvalue weighted by Gasteiger charge is -2.31. The normalized spacial score (nSPS) is 16.9. The predicted molar refractivity (Wildman–Crippen MR) is 122 cm³/mol. The number of pyridine rings is 1. The molecule has 0 aliphatic carbocycles. The first kappa shape index (κ1) is 20.3. The van der Waals surface area contributed by atoms with Crippen LogP contribution in [0.5, 0.6) is 0 Å². The van der Waals surface area contributed by atoms with E-state index in [0.29, 0.717) is 11.6 Å². The Morgan fingerprint density at radius 2 is 1.87 bits per heavy atom. The smallest absolute Gasteiger partial charge is 0.258 e. The highest BCUT2D eigenvalue weighted by Gasteiger charge is 2.17. The van der Waals surface area contributed by atoms with Crippen LogP contribution in [0.4, 0.5) is 5.69 Å². The topological polar surface area (TPSA) is 48.5 Å². The van der Waals surface area contributed by atoms with Gasteiger partial charge in [0.2, 0.25) is 0 Å². The molecule has 1 amide bonds. The summed E-state index contributed by atoms with van der Waals surface area (Å²) >= 11 is 0. The molecule has 0 bridgehead atoms. The van der Waals surface area contributed by atoms with Crippen LogP contribution in [0.1, 0.15) is 22.8 Å². The minimum atomic E-state index is -0.0220. The molecule has 5 nitrogen and oxygen atoms in total. The SMILES string of the molecule is C[C@H]1CN(Cc2ccc(N(C)C(=O)c3ccc(-c4ccccn4)cc3)cc2)CCN1. The maximum atomic E-state index is 12.9. The van der Waals surface area contributed by atoms with Crippen LogP contribution in [0.2, 0.25) is 0 Å². The second-order valence-electron chi connectivity index (χ2n) is 7.91. The Morgan fingerprint density at radius 1 is 1.10 bits per heavy atom. The number of hydrogen-bond donors (Lipinski definition) is 1. The lowest BCUT2D eigenvalue weighted by Crippen LogP contribution is -2.48. The average Bonchev–Trinajstić information content (AvgIpc) is 2.79. The molecule has 1 N–H and O–H groups in total. The van der Waals surface area contributed by atoms with Crippen molar-refractivity contribution < 1.29 is 4.79 Å². The van der Waals surface area contributed by atoms with Crippen molar-refractivity contribution in [1.82, 2.24) is 15.2 Å². The van der Waals surface area contributed by atoms with Gasteiger partial charge in [-0.3, -0.25) is 14.7 Å². The zero-order valence-electron chi connectivity index (χ0n) is 17.6. The Kier molecular flexibility index (Phi) is 6.21. The molecule has 4 rings (SSSR count). The summed E-state index contributed by atoms with van der Waals surface area (Å²) in [7, 11) is 1.82. The molecular weight excluding hydrogens is 372 g/mol. The van der Waals surface area contributed by atoms with Crippen LogP contribution >= 0.6 is 0 Å². The third kappa shape index (κ3) is 4.75. The van der Waals surface area contributed by atoms with E-state index in [0.717, 1.165) is 43.1 Å². The number of carbonyl (C=O) groups excluding carboxylic acids is 1. The Morgan fingerprint density at radius 3 is 2.53 bits per heavy atom. The van der Waals surface area contributed by atoms with Crippen molar-refractivity contribution in [3.8, 4) is 11.3 Å². The molecule has 0 radical (unpaired) electrons. The summed E-state index contributed by atoms with van der Waals surface area (Å²) < 4.78 is 0. The van der Waals surface area contributed by atoms with Gasteiger partial charge in [0.15, 0.2) is 0 Å². The van der Waals surface area contributed by atoms with Crippen molar-refractivity contribution in [2.24, 2.45) is 0 Å². The third-order valence-corrected chi connectivity index (χ3v) is 5.58. The molecule has 1 aliphatic heterocycles. The molecule has 154 valence electrons. The van der Waals surface area contributed by atoms with Gasteiger partial charge in [0.25, 0.3) is 5.91 Å². The second-order valence-corrected chi connectivity index (χ2v) is 7.91. The predicted octanol–water partition coefficient (Wildman–Crippen LogP) is 3.82. The fraction of sp³-hybridized carbons (Fsp3) is 0.280. The molecule has 5 heteroatoms. The number of piperazine rings is 1. The van der Waals surface area contributed by atoms with Gasteiger partial charge in [-0.2, -0.15) is 0 Å². The lowest BCUT2D eigenvalue weighted by atomic mass is 10.1. The number of nitrogens with one attached hydrogen (secondary N) is 1. The second kappa shape index (κ2) is 9.20. The first-order valence-electron chi connectivity index (χ1n) is 10.4. The Hall–Kier alpha value is -3.02. The van der Waals surface area contributed by atoms with Crippen LogP contribution in [0.3, 0.4) is 0 Å². The van der Waals surface area contributed by atoms with Crippen molar-refractivity contribution >= 4 is 11.6 Å². The first-order chi connectivity index (χ1) is 14.6. The highest BCUT2D eigenvalue weighted by Crippen LogP contribution is 2.21.